The topological polar surface area (TPSA) is 58.6 Å². The molecule has 0 saturated carbocycles. The van der Waals surface area contributed by atoms with Crippen molar-refractivity contribution in [3.8, 4) is 39.5 Å². The Balaban J connectivity index is 1.43. The summed E-state index contributed by atoms with van der Waals surface area (Å²) in [7, 11) is 0. The monoisotopic (exact) mass is 522 g/mol. The van der Waals surface area contributed by atoms with Crippen molar-refractivity contribution >= 4 is 23.0 Å². The second kappa shape index (κ2) is 10.3. The van der Waals surface area contributed by atoms with Gasteiger partial charge in [-0.3, -0.25) is 4.99 Å². The molecule has 0 bridgehead atoms. The molecule has 0 unspecified atom stereocenters. The molecule has 1 N–H and O–H groups in total. The summed E-state index contributed by atoms with van der Waals surface area (Å²) in [6, 6.07) is 38.0. The Bertz CT molecular complexity index is 1830. The first-order chi connectivity index (χ1) is 19.4. The van der Waals surface area contributed by atoms with E-state index in [4.69, 9.17) is 14.4 Å². The number of nitrogens with zero attached hydrogens (tertiary/aromatic N) is 2. The molecule has 0 fully saturated rings. The number of oxazole rings is 1. The zero-order valence-corrected chi connectivity index (χ0v) is 22.8. The first-order valence-electron chi connectivity index (χ1n) is 13.4. The lowest BCUT2D eigenvalue weighted by Gasteiger charge is -2.20. The van der Waals surface area contributed by atoms with Crippen LogP contribution in [-0.4, -0.2) is 16.3 Å². The number of phenols is 1. The minimum Gasteiger partial charge on any atom is -0.507 e. The number of aromatic nitrogens is 1. The molecule has 0 aliphatic rings. The summed E-state index contributed by atoms with van der Waals surface area (Å²) in [6.07, 6.45) is 1.69. The average Bonchev–Trinajstić information content (AvgIpc) is 3.41. The Morgan fingerprint density at radius 3 is 2.10 bits per heavy atom. The second-order valence-electron chi connectivity index (χ2n) is 10.9. The van der Waals surface area contributed by atoms with Crippen molar-refractivity contribution in [2.45, 2.75) is 26.2 Å². The van der Waals surface area contributed by atoms with Gasteiger partial charge < -0.3 is 9.52 Å². The lowest BCUT2D eigenvalue weighted by molar-refractivity contribution is 0.474. The molecule has 1 heterocycles. The van der Waals surface area contributed by atoms with Gasteiger partial charge >= 0.3 is 0 Å². The quantitative estimate of drug-likeness (QED) is 0.229. The van der Waals surface area contributed by atoms with Gasteiger partial charge in [0, 0.05) is 17.3 Å². The number of hydrogen-bond acceptors (Lipinski definition) is 4. The first-order valence-corrected chi connectivity index (χ1v) is 13.4. The highest BCUT2D eigenvalue weighted by Crippen LogP contribution is 2.38. The molecule has 0 saturated heterocycles. The van der Waals surface area contributed by atoms with Crippen molar-refractivity contribution in [2.75, 3.05) is 0 Å². The first kappa shape index (κ1) is 25.3. The van der Waals surface area contributed by atoms with Crippen molar-refractivity contribution in [3.05, 3.63) is 126 Å². The van der Waals surface area contributed by atoms with Crippen LogP contribution >= 0.6 is 0 Å². The summed E-state index contributed by atoms with van der Waals surface area (Å²) in [4.78, 5) is 9.75. The molecule has 0 aliphatic carbocycles. The molecule has 0 atom stereocenters. The second-order valence-corrected chi connectivity index (χ2v) is 10.9. The van der Waals surface area contributed by atoms with E-state index in [-0.39, 0.29) is 11.2 Å². The van der Waals surface area contributed by atoms with E-state index in [0.717, 1.165) is 38.9 Å². The zero-order chi connectivity index (χ0) is 27.7. The van der Waals surface area contributed by atoms with Gasteiger partial charge in [-0.25, -0.2) is 4.98 Å². The predicted octanol–water partition coefficient (Wildman–Crippen LogP) is 9.58. The third-order valence-electron chi connectivity index (χ3n) is 7.06. The van der Waals surface area contributed by atoms with Crippen molar-refractivity contribution in [1.82, 2.24) is 4.98 Å². The van der Waals surface area contributed by atoms with Crippen LogP contribution in [0.5, 0.6) is 5.75 Å². The Morgan fingerprint density at radius 2 is 1.38 bits per heavy atom. The molecule has 6 aromatic rings. The maximum absolute atomic E-state index is 10.5. The summed E-state index contributed by atoms with van der Waals surface area (Å²) in [5.41, 5.74) is 9.04. The highest BCUT2D eigenvalue weighted by molar-refractivity contribution is 5.94. The smallest absolute Gasteiger partial charge is 0.229 e. The van der Waals surface area contributed by atoms with Crippen LogP contribution in [0.2, 0.25) is 0 Å². The molecule has 1 aromatic heterocycles. The third-order valence-corrected chi connectivity index (χ3v) is 7.06. The highest BCUT2D eigenvalue weighted by atomic mass is 16.3. The Labute approximate surface area is 234 Å². The van der Waals surface area contributed by atoms with Crippen LogP contribution in [0.1, 0.15) is 31.9 Å². The zero-order valence-electron chi connectivity index (χ0n) is 22.8. The van der Waals surface area contributed by atoms with Gasteiger partial charge in [-0.15, -0.1) is 0 Å². The van der Waals surface area contributed by atoms with Crippen LogP contribution < -0.4 is 0 Å². The molecule has 0 radical (unpaired) electrons. The Hall–Kier alpha value is -4.96. The van der Waals surface area contributed by atoms with E-state index in [1.54, 1.807) is 12.3 Å². The van der Waals surface area contributed by atoms with Gasteiger partial charge in [0.2, 0.25) is 5.89 Å². The number of fused-ring (bicyclic) bond motifs is 1. The lowest BCUT2D eigenvalue weighted by atomic mass is 9.85. The predicted molar refractivity (Wildman–Crippen MR) is 164 cm³/mol. The summed E-state index contributed by atoms with van der Waals surface area (Å²) >= 11 is 0. The van der Waals surface area contributed by atoms with E-state index in [2.05, 4.69) is 45.0 Å². The molecule has 40 heavy (non-hydrogen) atoms. The Morgan fingerprint density at radius 1 is 0.700 bits per heavy atom. The SMILES string of the molecule is CC(C)(C)c1cc(-c2ccccc2)c2nc(-c3ccccc3N=Cc3cc(-c4ccccc4)ccc3O)oc2c1. The highest BCUT2D eigenvalue weighted by Gasteiger charge is 2.21. The summed E-state index contributed by atoms with van der Waals surface area (Å²) in [6.45, 7) is 6.60. The number of rotatable bonds is 5. The van der Waals surface area contributed by atoms with Gasteiger partial charge in [0.1, 0.15) is 11.3 Å². The van der Waals surface area contributed by atoms with Crippen LogP contribution in [0.15, 0.2) is 125 Å². The number of hydrogen-bond donors (Lipinski definition) is 1. The van der Waals surface area contributed by atoms with Gasteiger partial charge in [0.15, 0.2) is 5.58 Å². The number of phenolic OH excluding ortho intramolecular Hbond substituents is 1. The third kappa shape index (κ3) is 5.04. The van der Waals surface area contributed by atoms with E-state index in [1.165, 1.54) is 5.56 Å². The summed E-state index contributed by atoms with van der Waals surface area (Å²) in [5.74, 6) is 0.679. The van der Waals surface area contributed by atoms with Gasteiger partial charge in [-0.05, 0) is 64.1 Å². The van der Waals surface area contributed by atoms with E-state index in [9.17, 15) is 5.11 Å². The largest absolute Gasteiger partial charge is 0.507 e. The van der Waals surface area contributed by atoms with Crippen LogP contribution in [0.25, 0.3) is 44.8 Å². The molecular weight excluding hydrogens is 492 g/mol. The van der Waals surface area contributed by atoms with E-state index in [1.807, 2.05) is 84.9 Å². The van der Waals surface area contributed by atoms with Crippen molar-refractivity contribution in [1.29, 1.82) is 0 Å². The fourth-order valence-electron chi connectivity index (χ4n) is 4.79. The molecule has 4 nitrogen and oxygen atoms in total. The fraction of sp³-hybridized carbons (Fsp3) is 0.111. The van der Waals surface area contributed by atoms with Crippen LogP contribution in [0.4, 0.5) is 5.69 Å². The maximum Gasteiger partial charge on any atom is 0.229 e. The van der Waals surface area contributed by atoms with Crippen molar-refractivity contribution < 1.29 is 9.52 Å². The van der Waals surface area contributed by atoms with Gasteiger partial charge in [0.25, 0.3) is 0 Å². The molecule has 0 aliphatic heterocycles. The van der Waals surface area contributed by atoms with Crippen molar-refractivity contribution in [3.63, 3.8) is 0 Å². The average molecular weight is 523 g/mol. The number of para-hydroxylation sites is 1. The van der Waals surface area contributed by atoms with E-state index >= 15 is 0 Å². The Kier molecular flexibility index (Phi) is 6.53. The molecule has 6 rings (SSSR count). The molecule has 196 valence electrons. The summed E-state index contributed by atoms with van der Waals surface area (Å²) in [5, 5.41) is 10.5. The van der Waals surface area contributed by atoms with Gasteiger partial charge in [0.05, 0.1) is 11.3 Å². The molecule has 0 spiro atoms. The standard InChI is InChI=1S/C36H30N2O2/c1-36(2,3)28-21-30(25-14-8-5-9-15-25)34-33(22-28)40-35(38-34)29-16-10-11-17-31(29)37-23-27-20-26(18-19-32(27)39)24-12-6-4-7-13-24/h4-23,39H,1-3H3. The number of benzene rings is 5. The number of aromatic hydroxyl groups is 1. The van der Waals surface area contributed by atoms with Gasteiger partial charge in [-0.1, -0.05) is 99.6 Å². The van der Waals surface area contributed by atoms with E-state index < -0.39 is 0 Å². The normalized spacial score (nSPS) is 11.9. The molecular formula is C36H30N2O2. The minimum absolute atomic E-state index is 0.0524. The molecule has 5 aromatic carbocycles. The lowest BCUT2D eigenvalue weighted by Crippen LogP contribution is -2.11. The van der Waals surface area contributed by atoms with Crippen LogP contribution in [0.3, 0.4) is 0 Å². The summed E-state index contributed by atoms with van der Waals surface area (Å²) < 4.78 is 6.41. The van der Waals surface area contributed by atoms with Gasteiger partial charge in [-0.2, -0.15) is 0 Å². The maximum atomic E-state index is 10.5. The van der Waals surface area contributed by atoms with Crippen molar-refractivity contribution in [2.24, 2.45) is 4.99 Å². The fourth-order valence-corrected chi connectivity index (χ4v) is 4.79. The number of aliphatic imine (C=N–C) groups is 1. The molecule has 0 amide bonds. The van der Waals surface area contributed by atoms with Crippen LogP contribution in [-0.2, 0) is 5.41 Å². The van der Waals surface area contributed by atoms with E-state index in [0.29, 0.717) is 17.1 Å². The minimum atomic E-state index is -0.0524. The van der Waals surface area contributed by atoms with Crippen LogP contribution in [0, 0.1) is 0 Å². The molecule has 4 heteroatoms.